The summed E-state index contributed by atoms with van der Waals surface area (Å²) in [6.45, 7) is 2.85. The maximum atomic E-state index is 12.7. The lowest BCUT2D eigenvalue weighted by atomic mass is 9.97. The van der Waals surface area contributed by atoms with Gasteiger partial charge in [0.2, 0.25) is 21.8 Å². The van der Waals surface area contributed by atoms with Gasteiger partial charge in [-0.1, -0.05) is 18.2 Å². The van der Waals surface area contributed by atoms with Gasteiger partial charge in [0.05, 0.1) is 17.4 Å². The monoisotopic (exact) mass is 394 g/mol. The van der Waals surface area contributed by atoms with Gasteiger partial charge in [-0.3, -0.25) is 14.5 Å². The van der Waals surface area contributed by atoms with E-state index >= 15 is 0 Å². The average molecular weight is 394 g/mol. The normalized spacial score (nSPS) is 22.5. The van der Waals surface area contributed by atoms with Crippen LogP contribution in [-0.2, 0) is 19.6 Å². The highest BCUT2D eigenvalue weighted by atomic mass is 32.2. The Kier molecular flexibility index (Phi) is 6.13. The lowest BCUT2D eigenvalue weighted by Crippen LogP contribution is -2.53. The Balaban J connectivity index is 1.53. The molecule has 0 spiro atoms. The van der Waals surface area contributed by atoms with Gasteiger partial charge in [0, 0.05) is 32.7 Å². The van der Waals surface area contributed by atoms with Gasteiger partial charge in [0.25, 0.3) is 0 Å². The third kappa shape index (κ3) is 4.66. The van der Waals surface area contributed by atoms with Crippen LogP contribution in [-0.4, -0.2) is 80.2 Å². The third-order valence-electron chi connectivity index (χ3n) is 5.24. The molecular formula is C18H26N4O4S. The molecule has 1 unspecified atom stereocenters. The van der Waals surface area contributed by atoms with E-state index in [1.807, 2.05) is 4.90 Å². The Morgan fingerprint density at radius 3 is 2.33 bits per heavy atom. The number of piperazine rings is 1. The van der Waals surface area contributed by atoms with Crippen molar-refractivity contribution in [3.8, 4) is 0 Å². The van der Waals surface area contributed by atoms with E-state index in [2.05, 4.69) is 0 Å². The summed E-state index contributed by atoms with van der Waals surface area (Å²) < 4.78 is 26.7. The number of benzene rings is 1. The van der Waals surface area contributed by atoms with Crippen LogP contribution < -0.4 is 5.73 Å². The molecule has 9 heteroatoms. The predicted octanol–water partition coefficient (Wildman–Crippen LogP) is -0.283. The van der Waals surface area contributed by atoms with Crippen LogP contribution in [0.25, 0.3) is 0 Å². The number of rotatable bonds is 5. The number of amides is 2. The molecule has 2 aliphatic heterocycles. The topological polar surface area (TPSA) is 104 Å². The molecule has 0 radical (unpaired) electrons. The quantitative estimate of drug-likeness (QED) is 0.740. The fourth-order valence-electron chi connectivity index (χ4n) is 3.64. The molecule has 0 bridgehead atoms. The van der Waals surface area contributed by atoms with E-state index in [-0.39, 0.29) is 42.3 Å². The van der Waals surface area contributed by atoms with Crippen LogP contribution in [0.4, 0.5) is 0 Å². The Hall–Kier alpha value is -1.97. The molecule has 0 aliphatic carbocycles. The van der Waals surface area contributed by atoms with Crippen molar-refractivity contribution in [2.24, 2.45) is 11.7 Å². The van der Waals surface area contributed by atoms with Crippen molar-refractivity contribution in [2.45, 2.75) is 17.7 Å². The molecule has 1 aromatic rings. The first kappa shape index (κ1) is 19.8. The standard InChI is InChI=1S/C18H26N4O4S/c19-18(24)15-5-4-8-20(13-15)14-17(23)21-9-11-22(12-10-21)27(25,26)16-6-2-1-3-7-16/h1-3,6-7,15H,4-5,8-14H2,(H2,19,24). The number of hydrogen-bond acceptors (Lipinski definition) is 5. The summed E-state index contributed by atoms with van der Waals surface area (Å²) in [5, 5.41) is 0. The Labute approximate surface area is 160 Å². The number of nitrogens with zero attached hydrogens (tertiary/aromatic N) is 3. The molecule has 2 aliphatic rings. The number of hydrogen-bond donors (Lipinski definition) is 1. The van der Waals surface area contributed by atoms with Crippen LogP contribution >= 0.6 is 0 Å². The summed E-state index contributed by atoms with van der Waals surface area (Å²) in [5.74, 6) is -0.539. The molecule has 27 heavy (non-hydrogen) atoms. The molecular weight excluding hydrogens is 368 g/mol. The van der Waals surface area contributed by atoms with Gasteiger partial charge in [-0.05, 0) is 31.5 Å². The van der Waals surface area contributed by atoms with Crippen molar-refractivity contribution >= 4 is 21.8 Å². The summed E-state index contributed by atoms with van der Waals surface area (Å²) in [7, 11) is -3.52. The van der Waals surface area contributed by atoms with Crippen molar-refractivity contribution in [1.82, 2.24) is 14.1 Å². The van der Waals surface area contributed by atoms with E-state index in [1.54, 1.807) is 35.2 Å². The summed E-state index contributed by atoms with van der Waals surface area (Å²) in [6.07, 6.45) is 1.63. The summed E-state index contributed by atoms with van der Waals surface area (Å²) in [4.78, 5) is 27.9. The largest absolute Gasteiger partial charge is 0.369 e. The summed E-state index contributed by atoms with van der Waals surface area (Å²) in [5.41, 5.74) is 5.38. The van der Waals surface area contributed by atoms with Crippen molar-refractivity contribution in [2.75, 3.05) is 45.8 Å². The lowest BCUT2D eigenvalue weighted by Gasteiger charge is -2.36. The van der Waals surface area contributed by atoms with Gasteiger partial charge >= 0.3 is 0 Å². The van der Waals surface area contributed by atoms with Crippen LogP contribution in [0.5, 0.6) is 0 Å². The van der Waals surface area contributed by atoms with Crippen LogP contribution in [0.3, 0.4) is 0 Å². The van der Waals surface area contributed by atoms with Crippen LogP contribution in [0.15, 0.2) is 35.2 Å². The molecule has 2 N–H and O–H groups in total. The molecule has 3 rings (SSSR count). The zero-order valence-corrected chi connectivity index (χ0v) is 16.1. The average Bonchev–Trinajstić information content (AvgIpc) is 2.69. The van der Waals surface area contributed by atoms with E-state index in [9.17, 15) is 18.0 Å². The minimum Gasteiger partial charge on any atom is -0.369 e. The van der Waals surface area contributed by atoms with Crippen LogP contribution in [0, 0.1) is 5.92 Å². The minimum absolute atomic E-state index is 0.0307. The molecule has 2 heterocycles. The van der Waals surface area contributed by atoms with Crippen LogP contribution in [0.2, 0.25) is 0 Å². The fraction of sp³-hybridized carbons (Fsp3) is 0.556. The second-order valence-electron chi connectivity index (χ2n) is 7.07. The van der Waals surface area contributed by atoms with Crippen molar-refractivity contribution < 1.29 is 18.0 Å². The maximum absolute atomic E-state index is 12.7. The highest BCUT2D eigenvalue weighted by Gasteiger charge is 2.31. The second-order valence-corrected chi connectivity index (χ2v) is 9.01. The first-order chi connectivity index (χ1) is 12.9. The first-order valence-electron chi connectivity index (χ1n) is 9.22. The number of primary amides is 1. The van der Waals surface area contributed by atoms with Crippen molar-refractivity contribution in [1.29, 1.82) is 0 Å². The molecule has 1 aromatic carbocycles. The number of piperidine rings is 1. The summed E-state index contributed by atoms with van der Waals surface area (Å²) in [6, 6.07) is 8.34. The Bertz CT molecular complexity index is 776. The maximum Gasteiger partial charge on any atom is 0.243 e. The minimum atomic E-state index is -3.52. The second kappa shape index (κ2) is 8.37. The number of nitrogens with two attached hydrogens (primary N) is 1. The zero-order chi connectivity index (χ0) is 19.4. The number of likely N-dealkylation sites (tertiary alicyclic amines) is 1. The predicted molar refractivity (Wildman–Crippen MR) is 100 cm³/mol. The van der Waals surface area contributed by atoms with Gasteiger partial charge in [-0.2, -0.15) is 4.31 Å². The SMILES string of the molecule is NC(=O)C1CCCN(CC(=O)N2CCN(S(=O)(=O)c3ccccc3)CC2)C1. The van der Waals surface area contributed by atoms with E-state index in [0.717, 1.165) is 19.4 Å². The van der Waals surface area contributed by atoms with Gasteiger partial charge in [0.15, 0.2) is 0 Å². The van der Waals surface area contributed by atoms with E-state index in [4.69, 9.17) is 5.73 Å². The highest BCUT2D eigenvalue weighted by Crippen LogP contribution is 2.18. The Morgan fingerprint density at radius 2 is 1.70 bits per heavy atom. The molecule has 0 aromatic heterocycles. The Morgan fingerprint density at radius 1 is 1.04 bits per heavy atom. The lowest BCUT2D eigenvalue weighted by molar-refractivity contribution is -0.135. The van der Waals surface area contributed by atoms with Gasteiger partial charge in [-0.15, -0.1) is 0 Å². The molecule has 8 nitrogen and oxygen atoms in total. The smallest absolute Gasteiger partial charge is 0.243 e. The van der Waals surface area contributed by atoms with Crippen molar-refractivity contribution in [3.05, 3.63) is 30.3 Å². The van der Waals surface area contributed by atoms with Crippen LogP contribution in [0.1, 0.15) is 12.8 Å². The summed E-state index contributed by atoms with van der Waals surface area (Å²) >= 11 is 0. The highest BCUT2D eigenvalue weighted by molar-refractivity contribution is 7.89. The van der Waals surface area contributed by atoms with Gasteiger partial charge < -0.3 is 10.6 Å². The number of carbonyl (C=O) groups is 2. The fourth-order valence-corrected chi connectivity index (χ4v) is 5.09. The molecule has 2 amide bonds. The molecule has 0 saturated carbocycles. The number of sulfonamides is 1. The first-order valence-corrected chi connectivity index (χ1v) is 10.7. The van der Waals surface area contributed by atoms with Gasteiger partial charge in [-0.25, -0.2) is 8.42 Å². The van der Waals surface area contributed by atoms with E-state index < -0.39 is 10.0 Å². The van der Waals surface area contributed by atoms with E-state index in [0.29, 0.717) is 19.6 Å². The van der Waals surface area contributed by atoms with Gasteiger partial charge in [0.1, 0.15) is 0 Å². The molecule has 1 atom stereocenters. The zero-order valence-electron chi connectivity index (χ0n) is 15.3. The molecule has 2 saturated heterocycles. The van der Waals surface area contributed by atoms with Crippen molar-refractivity contribution in [3.63, 3.8) is 0 Å². The van der Waals surface area contributed by atoms with E-state index in [1.165, 1.54) is 4.31 Å². The molecule has 148 valence electrons. The molecule has 2 fully saturated rings. The number of carbonyl (C=O) groups excluding carboxylic acids is 2. The third-order valence-corrected chi connectivity index (χ3v) is 7.15.